The minimum absolute atomic E-state index is 0.0703. The van der Waals surface area contributed by atoms with E-state index in [0.29, 0.717) is 6.54 Å². The van der Waals surface area contributed by atoms with Gasteiger partial charge in [-0.15, -0.1) is 0 Å². The molecular weight excluding hydrogens is 253 g/mol. The van der Waals surface area contributed by atoms with Gasteiger partial charge >= 0.3 is 0 Å². The van der Waals surface area contributed by atoms with Crippen LogP contribution in [0.25, 0.3) is 0 Å². The lowest BCUT2D eigenvalue weighted by molar-refractivity contribution is 0.414. The first-order valence-corrected chi connectivity index (χ1v) is 6.86. The van der Waals surface area contributed by atoms with Crippen LogP contribution >= 0.6 is 0 Å². The van der Waals surface area contributed by atoms with E-state index in [-0.39, 0.29) is 11.4 Å². The van der Waals surface area contributed by atoms with Crippen LogP contribution in [0.2, 0.25) is 0 Å². The van der Waals surface area contributed by atoms with Gasteiger partial charge in [0, 0.05) is 18.3 Å². The molecule has 0 amide bonds. The number of nitrogens with zero attached hydrogens (tertiary/aromatic N) is 2. The molecule has 2 rings (SSSR count). The third-order valence-electron chi connectivity index (χ3n) is 3.23. The number of hydrogen-bond donors (Lipinski definition) is 1. The van der Waals surface area contributed by atoms with Gasteiger partial charge in [-0.05, 0) is 57.0 Å². The van der Waals surface area contributed by atoms with E-state index < -0.39 is 0 Å². The summed E-state index contributed by atoms with van der Waals surface area (Å²) in [5, 5.41) is 7.81. The van der Waals surface area contributed by atoms with Crippen molar-refractivity contribution in [3.63, 3.8) is 0 Å². The second kappa shape index (κ2) is 5.75. The van der Waals surface area contributed by atoms with Crippen molar-refractivity contribution in [3.05, 3.63) is 53.1 Å². The van der Waals surface area contributed by atoms with Gasteiger partial charge in [-0.25, -0.2) is 4.39 Å². The monoisotopic (exact) mass is 275 g/mol. The molecule has 1 aromatic carbocycles. The molecule has 0 aliphatic heterocycles. The lowest BCUT2D eigenvalue weighted by atomic mass is 10.1. The van der Waals surface area contributed by atoms with Crippen LogP contribution < -0.4 is 5.32 Å². The van der Waals surface area contributed by atoms with Gasteiger partial charge in [-0.1, -0.05) is 6.07 Å². The smallest absolute Gasteiger partial charge is 0.123 e. The number of nitrogens with one attached hydrogen (secondary N) is 1. The van der Waals surface area contributed by atoms with Crippen molar-refractivity contribution in [3.8, 4) is 0 Å². The van der Waals surface area contributed by atoms with Crippen LogP contribution in [0.15, 0.2) is 30.5 Å². The van der Waals surface area contributed by atoms with Gasteiger partial charge in [0.05, 0.1) is 12.2 Å². The normalized spacial score (nSPS) is 11.8. The maximum Gasteiger partial charge on any atom is 0.123 e. The Bertz CT molecular complexity index is 582. The summed E-state index contributed by atoms with van der Waals surface area (Å²) >= 11 is 0. The molecule has 1 N–H and O–H groups in total. The van der Waals surface area contributed by atoms with Gasteiger partial charge < -0.3 is 5.32 Å². The van der Waals surface area contributed by atoms with Gasteiger partial charge in [0.25, 0.3) is 0 Å². The van der Waals surface area contributed by atoms with Crippen LogP contribution in [0.4, 0.5) is 4.39 Å². The highest BCUT2D eigenvalue weighted by atomic mass is 19.1. The van der Waals surface area contributed by atoms with Crippen molar-refractivity contribution in [1.29, 1.82) is 0 Å². The van der Waals surface area contributed by atoms with Crippen LogP contribution in [0, 0.1) is 12.7 Å². The molecule has 0 aliphatic rings. The van der Waals surface area contributed by atoms with E-state index in [1.54, 1.807) is 12.3 Å². The van der Waals surface area contributed by atoms with Crippen LogP contribution in [0.3, 0.4) is 0 Å². The Hall–Kier alpha value is -1.68. The highest BCUT2D eigenvalue weighted by Gasteiger charge is 2.11. The summed E-state index contributed by atoms with van der Waals surface area (Å²) in [6, 6.07) is 6.90. The minimum Gasteiger partial charge on any atom is -0.306 e. The van der Waals surface area contributed by atoms with E-state index in [4.69, 9.17) is 0 Å². The summed E-state index contributed by atoms with van der Waals surface area (Å²) in [4.78, 5) is 0. The summed E-state index contributed by atoms with van der Waals surface area (Å²) in [6.07, 6.45) is 1.80. The average molecular weight is 275 g/mol. The van der Waals surface area contributed by atoms with Crippen LogP contribution in [0.5, 0.6) is 0 Å². The number of aromatic nitrogens is 2. The van der Waals surface area contributed by atoms with Crippen molar-refractivity contribution < 1.29 is 4.39 Å². The molecule has 4 heteroatoms. The number of benzene rings is 1. The number of hydrogen-bond acceptors (Lipinski definition) is 2. The third kappa shape index (κ3) is 3.90. The van der Waals surface area contributed by atoms with Gasteiger partial charge in [0.15, 0.2) is 0 Å². The van der Waals surface area contributed by atoms with Gasteiger partial charge in [-0.3, -0.25) is 4.68 Å². The van der Waals surface area contributed by atoms with Crippen molar-refractivity contribution in [2.24, 2.45) is 0 Å². The maximum atomic E-state index is 13.1. The molecule has 0 saturated carbocycles. The summed E-state index contributed by atoms with van der Waals surface area (Å²) in [5.41, 5.74) is 3.24. The van der Waals surface area contributed by atoms with E-state index in [1.165, 1.54) is 6.07 Å². The predicted molar refractivity (Wildman–Crippen MR) is 79.1 cm³/mol. The Kier molecular flexibility index (Phi) is 4.23. The molecule has 0 atom stereocenters. The van der Waals surface area contributed by atoms with Crippen LogP contribution in [0.1, 0.15) is 37.6 Å². The maximum absolute atomic E-state index is 13.1. The molecule has 20 heavy (non-hydrogen) atoms. The Morgan fingerprint density at radius 3 is 2.65 bits per heavy atom. The Morgan fingerprint density at radius 1 is 1.25 bits per heavy atom. The highest BCUT2D eigenvalue weighted by molar-refractivity contribution is 5.27. The Labute approximate surface area is 119 Å². The lowest BCUT2D eigenvalue weighted by Gasteiger charge is -2.21. The van der Waals surface area contributed by atoms with E-state index >= 15 is 0 Å². The van der Waals surface area contributed by atoms with Gasteiger partial charge in [0.1, 0.15) is 5.82 Å². The molecule has 3 nitrogen and oxygen atoms in total. The predicted octanol–water partition coefficient (Wildman–Crippen LogP) is 3.27. The van der Waals surface area contributed by atoms with Crippen LogP contribution in [-0.4, -0.2) is 15.3 Å². The molecule has 0 bridgehead atoms. The van der Waals surface area contributed by atoms with Crippen molar-refractivity contribution in [2.45, 2.75) is 46.3 Å². The molecule has 0 fully saturated rings. The molecule has 0 spiro atoms. The van der Waals surface area contributed by atoms with Crippen molar-refractivity contribution in [1.82, 2.24) is 15.1 Å². The fourth-order valence-electron chi connectivity index (χ4n) is 2.01. The first-order chi connectivity index (χ1) is 9.35. The summed E-state index contributed by atoms with van der Waals surface area (Å²) in [6.45, 7) is 9.77. The molecule has 0 radical (unpaired) electrons. The minimum atomic E-state index is -0.193. The zero-order chi connectivity index (χ0) is 14.8. The molecule has 1 aromatic heterocycles. The van der Waals surface area contributed by atoms with E-state index in [2.05, 4.69) is 31.2 Å². The van der Waals surface area contributed by atoms with Gasteiger partial charge in [-0.2, -0.15) is 5.10 Å². The third-order valence-corrected chi connectivity index (χ3v) is 3.23. The first kappa shape index (κ1) is 14.7. The standard InChI is InChI=1S/C16H22FN3/c1-12-9-14(17)6-5-13(12)11-20-15(7-8-19-20)10-18-16(2,3)4/h5-9,18H,10-11H2,1-4H3. The molecule has 0 aliphatic carbocycles. The van der Waals surface area contributed by atoms with E-state index in [1.807, 2.05) is 23.7 Å². The van der Waals surface area contributed by atoms with Crippen LogP contribution in [-0.2, 0) is 13.1 Å². The highest BCUT2D eigenvalue weighted by Crippen LogP contribution is 2.13. The van der Waals surface area contributed by atoms with Gasteiger partial charge in [0.2, 0.25) is 0 Å². The quantitative estimate of drug-likeness (QED) is 0.928. The molecular formula is C16H22FN3. The van der Waals surface area contributed by atoms with E-state index in [9.17, 15) is 4.39 Å². The molecule has 0 saturated heterocycles. The summed E-state index contributed by atoms with van der Waals surface area (Å²) in [7, 11) is 0. The number of rotatable bonds is 4. The lowest BCUT2D eigenvalue weighted by Crippen LogP contribution is -2.35. The Balaban J connectivity index is 2.12. The zero-order valence-electron chi connectivity index (χ0n) is 12.6. The average Bonchev–Trinajstić information content (AvgIpc) is 2.77. The second-order valence-corrected chi connectivity index (χ2v) is 6.15. The molecule has 2 aromatic rings. The number of aryl methyl sites for hydroxylation is 1. The molecule has 1 heterocycles. The zero-order valence-corrected chi connectivity index (χ0v) is 12.6. The van der Waals surface area contributed by atoms with Crippen molar-refractivity contribution in [2.75, 3.05) is 0 Å². The summed E-state index contributed by atoms with van der Waals surface area (Å²) < 4.78 is 15.1. The largest absolute Gasteiger partial charge is 0.306 e. The molecule has 108 valence electrons. The summed E-state index contributed by atoms with van der Waals surface area (Å²) in [5.74, 6) is -0.193. The Morgan fingerprint density at radius 2 is 2.00 bits per heavy atom. The molecule has 0 unspecified atom stereocenters. The topological polar surface area (TPSA) is 29.9 Å². The SMILES string of the molecule is Cc1cc(F)ccc1Cn1nccc1CNC(C)(C)C. The van der Waals surface area contributed by atoms with E-state index in [0.717, 1.165) is 23.4 Å². The second-order valence-electron chi connectivity index (χ2n) is 6.15. The van der Waals surface area contributed by atoms with Crippen molar-refractivity contribution >= 4 is 0 Å². The fraction of sp³-hybridized carbons (Fsp3) is 0.438. The first-order valence-electron chi connectivity index (χ1n) is 6.86. The number of halogens is 1. The fourth-order valence-corrected chi connectivity index (χ4v) is 2.01.